The van der Waals surface area contributed by atoms with E-state index in [2.05, 4.69) is 24.5 Å². The quantitative estimate of drug-likeness (QED) is 0.502. The molecule has 0 fully saturated rings. The molecule has 2 amide bonds. The van der Waals surface area contributed by atoms with Gasteiger partial charge in [-0.1, -0.05) is 13.8 Å². The fourth-order valence-electron chi connectivity index (χ4n) is 1.19. The van der Waals surface area contributed by atoms with Crippen molar-refractivity contribution in [3.63, 3.8) is 0 Å². The molecule has 5 heteroatoms. The number of rotatable bonds is 8. The first-order chi connectivity index (χ1) is 7.56. The highest BCUT2D eigenvalue weighted by atomic mass is 35.5. The summed E-state index contributed by atoms with van der Waals surface area (Å²) in [5.74, 6) is 0.337. The molecule has 0 aliphatic carbocycles. The lowest BCUT2D eigenvalue weighted by molar-refractivity contribution is -0.121. The van der Waals surface area contributed by atoms with Gasteiger partial charge >= 0.3 is 0 Å². The number of hydrogen-bond acceptors (Lipinski definition) is 2. The average Bonchev–Trinajstić information content (AvgIpc) is 2.24. The van der Waals surface area contributed by atoms with E-state index >= 15 is 0 Å². The van der Waals surface area contributed by atoms with E-state index in [1.54, 1.807) is 0 Å². The lowest BCUT2D eigenvalue weighted by atomic mass is 10.1. The summed E-state index contributed by atoms with van der Waals surface area (Å²) in [7, 11) is 0. The number of hydrogen-bond donors (Lipinski definition) is 2. The summed E-state index contributed by atoms with van der Waals surface area (Å²) in [6.07, 6.45) is 2.42. The zero-order chi connectivity index (χ0) is 12.4. The molecule has 0 saturated carbocycles. The third kappa shape index (κ3) is 9.77. The third-order valence-corrected chi connectivity index (χ3v) is 2.32. The van der Waals surface area contributed by atoms with Gasteiger partial charge in [0.15, 0.2) is 0 Å². The second-order valence-electron chi connectivity index (χ2n) is 4.12. The van der Waals surface area contributed by atoms with E-state index in [4.69, 9.17) is 11.6 Å². The maximum Gasteiger partial charge on any atom is 0.234 e. The molecule has 0 aliphatic rings. The molecule has 0 rings (SSSR count). The normalized spacial score (nSPS) is 10.2. The second-order valence-corrected chi connectivity index (χ2v) is 4.39. The smallest absolute Gasteiger partial charge is 0.234 e. The van der Waals surface area contributed by atoms with Gasteiger partial charge in [0.2, 0.25) is 11.8 Å². The predicted molar refractivity (Wildman–Crippen MR) is 65.4 cm³/mol. The van der Waals surface area contributed by atoms with Crippen molar-refractivity contribution >= 4 is 23.4 Å². The minimum Gasteiger partial charge on any atom is -0.356 e. The van der Waals surface area contributed by atoms with Crippen LogP contribution in [-0.2, 0) is 9.59 Å². The summed E-state index contributed by atoms with van der Waals surface area (Å²) in [4.78, 5) is 22.0. The van der Waals surface area contributed by atoms with Gasteiger partial charge in [-0.15, -0.1) is 11.6 Å². The van der Waals surface area contributed by atoms with Gasteiger partial charge in [0, 0.05) is 19.5 Å². The van der Waals surface area contributed by atoms with Crippen molar-refractivity contribution in [1.82, 2.24) is 10.6 Å². The highest BCUT2D eigenvalue weighted by Gasteiger charge is 2.02. The molecule has 16 heavy (non-hydrogen) atoms. The zero-order valence-corrected chi connectivity index (χ0v) is 10.8. The summed E-state index contributed by atoms with van der Waals surface area (Å²) in [5.41, 5.74) is 0. The van der Waals surface area contributed by atoms with Crippen molar-refractivity contribution in [3.05, 3.63) is 0 Å². The van der Waals surface area contributed by atoms with Crippen LogP contribution in [0.3, 0.4) is 0 Å². The van der Waals surface area contributed by atoms with Crippen molar-refractivity contribution in [3.8, 4) is 0 Å². The molecule has 0 bridgehead atoms. The third-order valence-electron chi connectivity index (χ3n) is 2.08. The van der Waals surface area contributed by atoms with Crippen LogP contribution < -0.4 is 10.6 Å². The molecule has 94 valence electrons. The van der Waals surface area contributed by atoms with Crippen LogP contribution in [-0.4, -0.2) is 30.8 Å². The Morgan fingerprint density at radius 1 is 1.12 bits per heavy atom. The topological polar surface area (TPSA) is 58.2 Å². The van der Waals surface area contributed by atoms with Crippen LogP contribution in [0.2, 0.25) is 0 Å². The van der Waals surface area contributed by atoms with E-state index in [1.807, 2.05) is 0 Å². The van der Waals surface area contributed by atoms with Crippen molar-refractivity contribution in [2.45, 2.75) is 33.1 Å². The molecule has 0 aromatic heterocycles. The van der Waals surface area contributed by atoms with E-state index in [9.17, 15) is 9.59 Å². The van der Waals surface area contributed by atoms with Crippen LogP contribution in [0.1, 0.15) is 33.1 Å². The molecule has 0 saturated heterocycles. The number of carbonyl (C=O) groups excluding carboxylic acids is 2. The molecule has 0 aliphatic heterocycles. The van der Waals surface area contributed by atoms with E-state index in [1.165, 1.54) is 0 Å². The Bertz CT molecular complexity index is 220. The Morgan fingerprint density at radius 2 is 1.75 bits per heavy atom. The fourth-order valence-corrected chi connectivity index (χ4v) is 1.28. The Balaban J connectivity index is 3.35. The van der Waals surface area contributed by atoms with Crippen molar-refractivity contribution in [2.75, 3.05) is 19.0 Å². The highest BCUT2D eigenvalue weighted by Crippen LogP contribution is 2.01. The monoisotopic (exact) mass is 248 g/mol. The minimum atomic E-state index is -0.241. The molecule has 0 heterocycles. The Kier molecular flexibility index (Phi) is 9.00. The highest BCUT2D eigenvalue weighted by molar-refractivity contribution is 6.27. The van der Waals surface area contributed by atoms with Gasteiger partial charge in [0.1, 0.15) is 5.88 Å². The van der Waals surface area contributed by atoms with Crippen LogP contribution in [0, 0.1) is 5.92 Å². The second kappa shape index (κ2) is 9.46. The molecule has 2 N–H and O–H groups in total. The van der Waals surface area contributed by atoms with Gasteiger partial charge in [-0.25, -0.2) is 0 Å². The van der Waals surface area contributed by atoms with Gasteiger partial charge in [0.05, 0.1) is 0 Å². The summed E-state index contributed by atoms with van der Waals surface area (Å²) in [6, 6.07) is 0. The summed E-state index contributed by atoms with van der Waals surface area (Å²) in [6.45, 7) is 5.37. The van der Waals surface area contributed by atoms with Crippen LogP contribution in [0.25, 0.3) is 0 Å². The molecular weight excluding hydrogens is 228 g/mol. The number of amides is 2. The lowest BCUT2D eigenvalue weighted by Crippen LogP contribution is -2.31. The zero-order valence-electron chi connectivity index (χ0n) is 10.0. The number of halogens is 1. The maximum absolute atomic E-state index is 11.3. The van der Waals surface area contributed by atoms with Crippen LogP contribution in [0.5, 0.6) is 0 Å². The molecular formula is C11H21ClN2O2. The number of nitrogens with one attached hydrogen (secondary N) is 2. The molecule has 4 nitrogen and oxygen atoms in total. The summed E-state index contributed by atoms with van der Waals surface area (Å²) >= 11 is 5.29. The molecule has 0 spiro atoms. The summed E-state index contributed by atoms with van der Waals surface area (Å²) < 4.78 is 0. The molecule has 0 atom stereocenters. The van der Waals surface area contributed by atoms with Crippen LogP contribution in [0.4, 0.5) is 0 Å². The van der Waals surface area contributed by atoms with Crippen molar-refractivity contribution in [2.24, 2.45) is 5.92 Å². The van der Waals surface area contributed by atoms with Gasteiger partial charge < -0.3 is 10.6 Å². The Hall–Kier alpha value is -0.770. The van der Waals surface area contributed by atoms with E-state index < -0.39 is 0 Å². The van der Waals surface area contributed by atoms with Crippen molar-refractivity contribution < 1.29 is 9.59 Å². The summed E-state index contributed by atoms with van der Waals surface area (Å²) in [5, 5.41) is 5.35. The first-order valence-electron chi connectivity index (χ1n) is 5.65. The maximum atomic E-state index is 11.3. The standard InChI is InChI=1S/C11H21ClN2O2/c1-9(2)4-3-6-13-10(15)5-7-14-11(16)8-12/h9H,3-8H2,1-2H3,(H,13,15)(H,14,16). The van der Waals surface area contributed by atoms with Gasteiger partial charge in [-0.2, -0.15) is 0 Å². The Labute approximate surface area is 102 Å². The van der Waals surface area contributed by atoms with E-state index in [-0.39, 0.29) is 17.7 Å². The first-order valence-corrected chi connectivity index (χ1v) is 6.19. The molecule has 0 aromatic carbocycles. The SMILES string of the molecule is CC(C)CCCNC(=O)CCNC(=O)CCl. The number of carbonyl (C=O) groups is 2. The van der Waals surface area contributed by atoms with Gasteiger partial charge in [0.25, 0.3) is 0 Å². The van der Waals surface area contributed by atoms with Crippen LogP contribution in [0.15, 0.2) is 0 Å². The van der Waals surface area contributed by atoms with Gasteiger partial charge in [-0.3, -0.25) is 9.59 Å². The van der Waals surface area contributed by atoms with Gasteiger partial charge in [-0.05, 0) is 18.8 Å². The molecule has 0 radical (unpaired) electrons. The Morgan fingerprint density at radius 3 is 2.31 bits per heavy atom. The molecule has 0 aromatic rings. The molecule has 0 unspecified atom stereocenters. The van der Waals surface area contributed by atoms with Crippen molar-refractivity contribution in [1.29, 1.82) is 0 Å². The lowest BCUT2D eigenvalue weighted by Gasteiger charge is -2.07. The largest absolute Gasteiger partial charge is 0.356 e. The van der Waals surface area contributed by atoms with E-state index in [0.29, 0.717) is 25.4 Å². The average molecular weight is 249 g/mol. The first kappa shape index (κ1) is 15.2. The number of alkyl halides is 1. The minimum absolute atomic E-state index is 0.0290. The van der Waals surface area contributed by atoms with Crippen LogP contribution >= 0.6 is 11.6 Å². The predicted octanol–water partition coefficient (Wildman–Crippen LogP) is 1.28. The van der Waals surface area contributed by atoms with E-state index in [0.717, 1.165) is 12.8 Å². The fraction of sp³-hybridized carbons (Fsp3) is 0.818.